The fourth-order valence-electron chi connectivity index (χ4n) is 12.3. The Morgan fingerprint density at radius 2 is 1.32 bits per heavy atom. The first-order chi connectivity index (χ1) is 37.1. The fourth-order valence-corrected chi connectivity index (χ4v) is 21.3. The lowest BCUT2D eigenvalue weighted by Gasteiger charge is -2.53. The molecule has 2 aromatic rings. The molecule has 12 nitrogen and oxygen atoms in total. The molecular formula is C61H105ClO12Si3. The highest BCUT2D eigenvalue weighted by Gasteiger charge is 2.61. The van der Waals surface area contributed by atoms with Crippen LogP contribution < -0.4 is 4.74 Å². The summed E-state index contributed by atoms with van der Waals surface area (Å²) in [6.45, 7) is 26.5. The molecule has 0 bridgehead atoms. The average molecular weight is 1150 g/mol. The summed E-state index contributed by atoms with van der Waals surface area (Å²) < 4.78 is 76.7. The minimum absolute atomic E-state index is 0.0451. The Labute approximate surface area is 475 Å². The minimum Gasteiger partial charge on any atom is -0.497 e. The molecule has 1 N–H and O–H groups in total. The second-order valence-electron chi connectivity index (χ2n) is 22.5. The van der Waals surface area contributed by atoms with Crippen LogP contribution in [0.5, 0.6) is 5.75 Å². The standard InChI is InChI=1S/C61H105ClO12Si3/c1-15-75(16-2,17-3)71-54-43-61(70-51(54)38-41-67-44-48-28-25-24-26-29-48)47(11)37-39-60(74-61)42-55(66-14)56(62)52(69-60)36-31-46(10)57(72-76(18-4,19-5)20-6)59(73-77(21-7,22-8)23-9)58(53(65-13)30-27-40-63)68-45-49-32-34-50(64-12)35-33-49/h24-26,28-29,31-36,46-47,51-59,63H,15-23,27,30,37-45H2,1-14H3/t46-,47-,51-,52+,53-,54-,55+,56+,57-,58-,59-,60+,61-/m0/s1. The number of aliphatic hydroxyl groups excluding tert-OH is 1. The molecule has 3 saturated heterocycles. The third kappa shape index (κ3) is 17.1. The minimum atomic E-state index is -2.35. The smallest absolute Gasteiger partial charge is 0.192 e. The quantitative estimate of drug-likeness (QED) is 0.0306. The maximum Gasteiger partial charge on any atom is 0.192 e. The van der Waals surface area contributed by atoms with Gasteiger partial charge in [0.05, 0.1) is 68.4 Å². The van der Waals surface area contributed by atoms with E-state index in [4.69, 9.17) is 62.8 Å². The van der Waals surface area contributed by atoms with Crippen LogP contribution >= 0.6 is 11.6 Å². The number of hydrogen-bond acceptors (Lipinski definition) is 12. The van der Waals surface area contributed by atoms with Crippen LogP contribution in [-0.4, -0.2) is 130 Å². The first-order valence-corrected chi connectivity index (χ1v) is 38.0. The molecular weight excluding hydrogens is 1040 g/mol. The number of methoxy groups -OCH3 is 3. The number of hydrogen-bond donors (Lipinski definition) is 1. The summed E-state index contributed by atoms with van der Waals surface area (Å²) >= 11 is 7.51. The van der Waals surface area contributed by atoms with Crippen molar-refractivity contribution in [3.63, 3.8) is 0 Å². The van der Waals surface area contributed by atoms with E-state index in [-0.39, 0.29) is 42.9 Å². The lowest BCUT2D eigenvalue weighted by atomic mass is 9.83. The number of aliphatic hydroxyl groups is 1. The molecule has 0 aliphatic carbocycles. The zero-order valence-corrected chi connectivity index (χ0v) is 53.9. The summed E-state index contributed by atoms with van der Waals surface area (Å²) in [7, 11) is -1.53. The van der Waals surface area contributed by atoms with Gasteiger partial charge in [-0.1, -0.05) is 131 Å². The third-order valence-electron chi connectivity index (χ3n) is 18.5. The number of rotatable bonds is 35. The molecule has 0 unspecified atom stereocenters. The fraction of sp³-hybridized carbons (Fsp3) is 0.770. The summed E-state index contributed by atoms with van der Waals surface area (Å²) in [4.78, 5) is 0. The van der Waals surface area contributed by atoms with Crippen LogP contribution in [-0.2, 0) is 59.6 Å². The first kappa shape index (κ1) is 66.3. The van der Waals surface area contributed by atoms with Crippen molar-refractivity contribution in [1.82, 2.24) is 0 Å². The van der Waals surface area contributed by atoms with E-state index in [0.717, 1.165) is 77.7 Å². The zero-order valence-electron chi connectivity index (χ0n) is 50.2. The Morgan fingerprint density at radius 3 is 1.88 bits per heavy atom. The van der Waals surface area contributed by atoms with Gasteiger partial charge in [-0.3, -0.25) is 0 Å². The normalized spacial score (nSPS) is 27.3. The molecule has 3 aliphatic rings. The maximum atomic E-state index is 10.2. The molecule has 5 rings (SSSR count). The van der Waals surface area contributed by atoms with Crippen molar-refractivity contribution in [2.24, 2.45) is 11.8 Å². The third-order valence-corrected chi connectivity index (χ3v) is 32.9. The maximum absolute atomic E-state index is 10.2. The summed E-state index contributed by atoms with van der Waals surface area (Å²) in [5, 5.41) is 9.71. The van der Waals surface area contributed by atoms with E-state index in [1.165, 1.54) is 0 Å². The van der Waals surface area contributed by atoms with Gasteiger partial charge in [0.1, 0.15) is 11.9 Å². The van der Waals surface area contributed by atoms with Crippen LogP contribution in [0, 0.1) is 11.8 Å². The van der Waals surface area contributed by atoms with Crippen molar-refractivity contribution in [1.29, 1.82) is 0 Å². The van der Waals surface area contributed by atoms with Gasteiger partial charge in [-0.05, 0) is 103 Å². The summed E-state index contributed by atoms with van der Waals surface area (Å²) in [6.07, 6.45) is 5.79. The lowest BCUT2D eigenvalue weighted by Crippen LogP contribution is -2.61. The predicted octanol–water partition coefficient (Wildman–Crippen LogP) is 14.4. The molecule has 0 aromatic heterocycles. The Kier molecular flexibility index (Phi) is 27.4. The van der Waals surface area contributed by atoms with Gasteiger partial charge in [0.25, 0.3) is 0 Å². The van der Waals surface area contributed by atoms with E-state index >= 15 is 0 Å². The van der Waals surface area contributed by atoms with Crippen molar-refractivity contribution < 1.29 is 56.3 Å². The van der Waals surface area contributed by atoms with Crippen LogP contribution in [0.1, 0.15) is 132 Å². The highest BCUT2D eigenvalue weighted by atomic mass is 35.5. The Balaban J connectivity index is 1.54. The molecule has 16 heteroatoms. The van der Waals surface area contributed by atoms with E-state index in [9.17, 15) is 5.11 Å². The van der Waals surface area contributed by atoms with Gasteiger partial charge in [0.15, 0.2) is 36.5 Å². The van der Waals surface area contributed by atoms with E-state index in [2.05, 4.69) is 100 Å². The number of ether oxygens (including phenoxy) is 8. The van der Waals surface area contributed by atoms with Crippen LogP contribution in [0.15, 0.2) is 66.7 Å². The van der Waals surface area contributed by atoms with E-state index in [0.29, 0.717) is 58.3 Å². The van der Waals surface area contributed by atoms with E-state index < -0.39 is 66.3 Å². The Hall–Kier alpha value is -1.52. The molecule has 13 atom stereocenters. The van der Waals surface area contributed by atoms with E-state index in [1.807, 2.05) is 42.5 Å². The molecule has 3 fully saturated rings. The molecule has 2 spiro atoms. The van der Waals surface area contributed by atoms with Gasteiger partial charge >= 0.3 is 0 Å². The first-order valence-electron chi connectivity index (χ1n) is 30.0. The van der Waals surface area contributed by atoms with Crippen molar-refractivity contribution in [3.8, 4) is 5.75 Å². The zero-order chi connectivity index (χ0) is 56.3. The topological polar surface area (TPSA) is 122 Å². The van der Waals surface area contributed by atoms with Gasteiger partial charge in [0, 0.05) is 58.5 Å². The van der Waals surface area contributed by atoms with Gasteiger partial charge < -0.3 is 56.3 Å². The molecule has 0 radical (unpaired) electrons. The number of benzene rings is 2. The Bertz CT molecular complexity index is 1950. The largest absolute Gasteiger partial charge is 0.497 e. The van der Waals surface area contributed by atoms with Crippen LogP contribution in [0.4, 0.5) is 0 Å². The van der Waals surface area contributed by atoms with Crippen molar-refractivity contribution in [2.75, 3.05) is 34.5 Å². The van der Waals surface area contributed by atoms with Gasteiger partial charge in [-0.15, -0.1) is 11.6 Å². The number of alkyl halides is 1. The number of halogens is 1. The van der Waals surface area contributed by atoms with Crippen molar-refractivity contribution in [3.05, 3.63) is 77.9 Å². The van der Waals surface area contributed by atoms with Crippen molar-refractivity contribution >= 4 is 36.6 Å². The van der Waals surface area contributed by atoms with Crippen LogP contribution in [0.3, 0.4) is 0 Å². The molecule has 77 heavy (non-hydrogen) atoms. The summed E-state index contributed by atoms with van der Waals surface area (Å²) in [5.41, 5.74) is 2.16. The summed E-state index contributed by atoms with van der Waals surface area (Å²) in [6, 6.07) is 27.2. The SMILES string of the molecule is CC[Si](CC)(CC)O[C@H]([C@@H](OCc1ccc(OC)cc1)[C@H](CCCO)OC)[C@@H](O[Si](CC)(CC)CC)[C@@H](C)C=C[C@H]1O[C@@]2(CC[C@H](C)[C@]3(C[C@H](O[Si](CC)(CC)CC)[C@H](CCOCc4ccccc4)O3)O2)C[C@@H](OC)[C@@H]1Cl. The second-order valence-corrected chi connectivity index (χ2v) is 37.2. The van der Waals surface area contributed by atoms with Crippen molar-refractivity contribution in [2.45, 2.75) is 255 Å². The molecule has 0 saturated carbocycles. The molecule has 3 heterocycles. The lowest BCUT2D eigenvalue weighted by molar-refractivity contribution is -0.410. The second kappa shape index (κ2) is 31.8. The Morgan fingerprint density at radius 1 is 0.727 bits per heavy atom. The predicted molar refractivity (Wildman–Crippen MR) is 318 cm³/mol. The molecule has 0 amide bonds. The van der Waals surface area contributed by atoms with Crippen LogP contribution in [0.25, 0.3) is 0 Å². The van der Waals surface area contributed by atoms with Gasteiger partial charge in [-0.2, -0.15) is 0 Å². The van der Waals surface area contributed by atoms with Gasteiger partial charge in [-0.25, -0.2) is 0 Å². The average Bonchev–Trinajstić information content (AvgIpc) is 3.81. The molecule has 2 aromatic carbocycles. The van der Waals surface area contributed by atoms with Crippen LogP contribution in [0.2, 0.25) is 54.4 Å². The highest BCUT2D eigenvalue weighted by Crippen LogP contribution is 2.53. The molecule has 440 valence electrons. The monoisotopic (exact) mass is 1150 g/mol. The summed E-state index contributed by atoms with van der Waals surface area (Å²) in [5.74, 6) is -1.24. The highest BCUT2D eigenvalue weighted by molar-refractivity contribution is 6.74. The van der Waals surface area contributed by atoms with E-state index in [1.54, 1.807) is 21.3 Å². The molecule has 3 aliphatic heterocycles. The van der Waals surface area contributed by atoms with Gasteiger partial charge in [0.2, 0.25) is 0 Å².